The highest BCUT2D eigenvalue weighted by atomic mass is 16.5. The second-order valence-electron chi connectivity index (χ2n) is 3.14. The smallest absolute Gasteiger partial charge is 0.157 e. The lowest BCUT2D eigenvalue weighted by Gasteiger charge is -2.08. The van der Waals surface area contributed by atoms with Gasteiger partial charge in [0.05, 0.1) is 12.7 Å². The van der Waals surface area contributed by atoms with E-state index >= 15 is 0 Å². The molecule has 0 N–H and O–H groups in total. The number of aliphatic imine (C=N–C) groups is 2. The quantitative estimate of drug-likeness (QED) is 0.538. The van der Waals surface area contributed by atoms with E-state index in [1.54, 1.807) is 20.4 Å². The van der Waals surface area contributed by atoms with E-state index in [2.05, 4.69) is 9.98 Å². The lowest BCUT2D eigenvalue weighted by Crippen LogP contribution is -2.01. The Morgan fingerprint density at radius 2 is 2.13 bits per heavy atom. The van der Waals surface area contributed by atoms with E-state index in [1.165, 1.54) is 0 Å². The fraction of sp³-hybridized carbons (Fsp3) is 0.333. The van der Waals surface area contributed by atoms with Crippen LogP contribution in [0.15, 0.2) is 28.2 Å². The third-order valence-electron chi connectivity index (χ3n) is 2.06. The van der Waals surface area contributed by atoms with Gasteiger partial charge in [-0.15, -0.1) is 0 Å². The van der Waals surface area contributed by atoms with Crippen molar-refractivity contribution in [3.05, 3.63) is 29.3 Å². The zero-order valence-electron chi connectivity index (χ0n) is 9.61. The maximum absolute atomic E-state index is 5.30. The zero-order valence-corrected chi connectivity index (χ0v) is 9.61. The summed E-state index contributed by atoms with van der Waals surface area (Å²) in [6, 6.07) is 5.98. The normalized spacial score (nSPS) is 12.1. The van der Waals surface area contributed by atoms with Crippen LogP contribution in [-0.4, -0.2) is 26.2 Å². The van der Waals surface area contributed by atoms with Crippen molar-refractivity contribution in [2.75, 3.05) is 14.2 Å². The van der Waals surface area contributed by atoms with Crippen molar-refractivity contribution in [3.63, 3.8) is 0 Å². The van der Waals surface area contributed by atoms with Crippen LogP contribution in [0.4, 0.5) is 0 Å². The molecule has 1 rings (SSSR count). The standard InChI is InChI=1S/C12H16N2O/c1-5-14-12(13-3)10-7-6-9(2)8-11(10)15-4/h5-8H,1-4H3. The van der Waals surface area contributed by atoms with Crippen molar-refractivity contribution in [1.29, 1.82) is 0 Å². The van der Waals surface area contributed by atoms with Crippen LogP contribution in [0, 0.1) is 6.92 Å². The molecule has 0 aliphatic rings. The van der Waals surface area contributed by atoms with Gasteiger partial charge in [-0.25, -0.2) is 4.99 Å². The Bertz CT molecular complexity index is 395. The molecule has 0 aliphatic carbocycles. The molecule has 0 atom stereocenters. The van der Waals surface area contributed by atoms with E-state index in [9.17, 15) is 0 Å². The van der Waals surface area contributed by atoms with Crippen LogP contribution >= 0.6 is 0 Å². The van der Waals surface area contributed by atoms with Gasteiger partial charge in [0.1, 0.15) is 5.75 Å². The second kappa shape index (κ2) is 5.29. The molecule has 0 unspecified atom stereocenters. The van der Waals surface area contributed by atoms with E-state index in [4.69, 9.17) is 4.74 Å². The number of amidine groups is 1. The number of rotatable bonds is 2. The van der Waals surface area contributed by atoms with Gasteiger partial charge in [0.25, 0.3) is 0 Å². The molecule has 0 saturated heterocycles. The Morgan fingerprint density at radius 3 is 2.67 bits per heavy atom. The van der Waals surface area contributed by atoms with Crippen LogP contribution in [0.5, 0.6) is 5.75 Å². The van der Waals surface area contributed by atoms with Crippen molar-refractivity contribution in [3.8, 4) is 5.75 Å². The highest BCUT2D eigenvalue weighted by molar-refractivity contribution is 6.04. The molecule has 0 amide bonds. The minimum absolute atomic E-state index is 0.689. The predicted octanol–water partition coefficient (Wildman–Crippen LogP) is 2.47. The molecule has 0 aliphatic heterocycles. The van der Waals surface area contributed by atoms with Gasteiger partial charge in [-0.3, -0.25) is 4.99 Å². The lowest BCUT2D eigenvalue weighted by atomic mass is 10.1. The first-order valence-corrected chi connectivity index (χ1v) is 4.83. The zero-order chi connectivity index (χ0) is 11.3. The Hall–Kier alpha value is -1.64. The van der Waals surface area contributed by atoms with Crippen molar-refractivity contribution in [2.45, 2.75) is 13.8 Å². The van der Waals surface area contributed by atoms with E-state index in [-0.39, 0.29) is 0 Å². The summed E-state index contributed by atoms with van der Waals surface area (Å²) in [6.07, 6.45) is 1.72. The van der Waals surface area contributed by atoms with E-state index in [1.807, 2.05) is 32.0 Å². The van der Waals surface area contributed by atoms with Gasteiger partial charge in [-0.2, -0.15) is 0 Å². The van der Waals surface area contributed by atoms with Crippen LogP contribution in [0.3, 0.4) is 0 Å². The number of hydrogen-bond acceptors (Lipinski definition) is 2. The van der Waals surface area contributed by atoms with Crippen molar-refractivity contribution >= 4 is 12.1 Å². The fourth-order valence-corrected chi connectivity index (χ4v) is 1.35. The molecule has 1 aromatic carbocycles. The molecule has 0 bridgehead atoms. The number of aryl methyl sites for hydroxylation is 1. The molecule has 3 heteroatoms. The molecular weight excluding hydrogens is 188 g/mol. The number of ether oxygens (including phenoxy) is 1. The van der Waals surface area contributed by atoms with Crippen molar-refractivity contribution in [1.82, 2.24) is 0 Å². The average Bonchev–Trinajstić information content (AvgIpc) is 2.26. The summed E-state index contributed by atoms with van der Waals surface area (Å²) in [5.74, 6) is 1.50. The number of benzene rings is 1. The number of methoxy groups -OCH3 is 1. The Kier molecular flexibility index (Phi) is 4.03. The summed E-state index contributed by atoms with van der Waals surface area (Å²) in [5.41, 5.74) is 2.08. The minimum atomic E-state index is 0.689. The monoisotopic (exact) mass is 204 g/mol. The summed E-state index contributed by atoms with van der Waals surface area (Å²) in [6.45, 7) is 3.89. The molecule has 0 aromatic heterocycles. The van der Waals surface area contributed by atoms with Gasteiger partial charge in [-0.05, 0) is 31.5 Å². The van der Waals surface area contributed by atoms with Gasteiger partial charge in [0.15, 0.2) is 5.84 Å². The Labute approximate surface area is 90.5 Å². The molecule has 80 valence electrons. The second-order valence-corrected chi connectivity index (χ2v) is 3.14. The summed E-state index contributed by atoms with van der Waals surface area (Å²) < 4.78 is 5.30. The van der Waals surface area contributed by atoms with Crippen LogP contribution < -0.4 is 4.74 Å². The summed E-state index contributed by atoms with van der Waals surface area (Å²) >= 11 is 0. The fourth-order valence-electron chi connectivity index (χ4n) is 1.35. The van der Waals surface area contributed by atoms with Gasteiger partial charge in [0.2, 0.25) is 0 Å². The number of hydrogen-bond donors (Lipinski definition) is 0. The van der Waals surface area contributed by atoms with E-state index < -0.39 is 0 Å². The minimum Gasteiger partial charge on any atom is -0.496 e. The van der Waals surface area contributed by atoms with E-state index in [0.29, 0.717) is 5.84 Å². The molecule has 1 aromatic rings. The molecule has 0 spiro atoms. The maximum atomic E-state index is 5.30. The third-order valence-corrected chi connectivity index (χ3v) is 2.06. The van der Waals surface area contributed by atoms with Gasteiger partial charge in [0, 0.05) is 13.3 Å². The van der Waals surface area contributed by atoms with Crippen molar-refractivity contribution < 1.29 is 4.74 Å². The SMILES string of the molecule is CC=NC(=NC)c1ccc(C)cc1OC. The maximum Gasteiger partial charge on any atom is 0.157 e. The van der Waals surface area contributed by atoms with Crippen LogP contribution in [-0.2, 0) is 0 Å². The average molecular weight is 204 g/mol. The van der Waals surface area contributed by atoms with Gasteiger partial charge >= 0.3 is 0 Å². The first kappa shape index (κ1) is 11.4. The molecular formula is C12H16N2O. The first-order valence-electron chi connectivity index (χ1n) is 4.83. The molecule has 0 saturated carbocycles. The largest absolute Gasteiger partial charge is 0.496 e. The molecule has 0 fully saturated rings. The predicted molar refractivity (Wildman–Crippen MR) is 64.4 cm³/mol. The summed E-state index contributed by atoms with van der Waals surface area (Å²) in [7, 11) is 3.38. The van der Waals surface area contributed by atoms with Crippen LogP contribution in [0.1, 0.15) is 18.1 Å². The van der Waals surface area contributed by atoms with E-state index in [0.717, 1.165) is 16.9 Å². The molecule has 0 radical (unpaired) electrons. The Morgan fingerprint density at radius 1 is 1.40 bits per heavy atom. The molecule has 3 nitrogen and oxygen atoms in total. The van der Waals surface area contributed by atoms with Gasteiger partial charge < -0.3 is 4.74 Å². The lowest BCUT2D eigenvalue weighted by molar-refractivity contribution is 0.413. The Balaban J connectivity index is 3.23. The third kappa shape index (κ3) is 2.65. The summed E-state index contributed by atoms with van der Waals surface area (Å²) in [4.78, 5) is 8.32. The van der Waals surface area contributed by atoms with Crippen molar-refractivity contribution in [2.24, 2.45) is 9.98 Å². The van der Waals surface area contributed by atoms with Crippen LogP contribution in [0.25, 0.3) is 0 Å². The highest BCUT2D eigenvalue weighted by Gasteiger charge is 2.07. The van der Waals surface area contributed by atoms with Crippen LogP contribution in [0.2, 0.25) is 0 Å². The molecule has 0 heterocycles. The first-order chi connectivity index (χ1) is 7.22. The van der Waals surface area contributed by atoms with Gasteiger partial charge in [-0.1, -0.05) is 6.07 Å². The summed E-state index contributed by atoms with van der Waals surface area (Å²) in [5, 5.41) is 0. The molecule has 15 heavy (non-hydrogen) atoms. The topological polar surface area (TPSA) is 34.0 Å². The highest BCUT2D eigenvalue weighted by Crippen LogP contribution is 2.21. The number of nitrogens with zero attached hydrogens (tertiary/aromatic N) is 2.